The molecule has 0 heterocycles. The number of rotatable bonds is 10. The number of ether oxygens (including phenoxy) is 2. The van der Waals surface area contributed by atoms with Crippen molar-refractivity contribution in [2.75, 3.05) is 26.4 Å². The van der Waals surface area contributed by atoms with Crippen LogP contribution in [0.15, 0.2) is 54.6 Å². The van der Waals surface area contributed by atoms with E-state index in [-0.39, 0.29) is 12.6 Å². The van der Waals surface area contributed by atoms with Crippen molar-refractivity contribution in [1.82, 2.24) is 5.32 Å². The Morgan fingerprint density at radius 2 is 1.75 bits per heavy atom. The summed E-state index contributed by atoms with van der Waals surface area (Å²) in [5, 5.41) is 13.9. The van der Waals surface area contributed by atoms with Gasteiger partial charge in [0.2, 0.25) is 0 Å². The first-order valence-corrected chi connectivity index (χ1v) is 8.45. The zero-order valence-corrected chi connectivity index (χ0v) is 14.6. The van der Waals surface area contributed by atoms with Crippen LogP contribution in [0.1, 0.15) is 18.5 Å². The molecule has 2 N–H and O–H groups in total. The van der Waals surface area contributed by atoms with Crippen LogP contribution in [0.2, 0.25) is 5.02 Å². The molecule has 0 spiro atoms. The van der Waals surface area contributed by atoms with Gasteiger partial charge in [-0.25, -0.2) is 0 Å². The summed E-state index contributed by atoms with van der Waals surface area (Å²) in [5.74, 6) is 0.752. The van der Waals surface area contributed by atoms with Crippen molar-refractivity contribution in [3.8, 4) is 5.75 Å². The molecule has 2 atom stereocenters. The molecule has 0 radical (unpaired) electrons. The molecule has 0 fully saturated rings. The van der Waals surface area contributed by atoms with Crippen LogP contribution in [0.5, 0.6) is 5.75 Å². The summed E-state index contributed by atoms with van der Waals surface area (Å²) >= 11 is 5.81. The molecule has 0 aliphatic carbocycles. The molecule has 130 valence electrons. The van der Waals surface area contributed by atoms with E-state index in [9.17, 15) is 5.11 Å². The molecule has 2 aromatic rings. The minimum Gasteiger partial charge on any atom is -0.491 e. The van der Waals surface area contributed by atoms with Gasteiger partial charge in [-0.2, -0.15) is 0 Å². The third-order valence-corrected chi connectivity index (χ3v) is 3.83. The van der Waals surface area contributed by atoms with Gasteiger partial charge in [0.25, 0.3) is 0 Å². The van der Waals surface area contributed by atoms with Gasteiger partial charge in [-0.1, -0.05) is 41.9 Å². The summed E-state index contributed by atoms with van der Waals surface area (Å²) in [6, 6.07) is 17.5. The second kappa shape index (κ2) is 10.3. The molecule has 0 bridgehead atoms. The van der Waals surface area contributed by atoms with Gasteiger partial charge in [-0.05, 0) is 36.8 Å². The van der Waals surface area contributed by atoms with E-state index >= 15 is 0 Å². The number of hydrogen-bond donors (Lipinski definition) is 2. The van der Waals surface area contributed by atoms with Crippen molar-refractivity contribution in [1.29, 1.82) is 0 Å². The molecule has 0 aromatic heterocycles. The molecule has 0 saturated heterocycles. The van der Waals surface area contributed by atoms with E-state index in [1.807, 2.05) is 30.3 Å². The quantitative estimate of drug-likeness (QED) is 0.645. The first-order valence-electron chi connectivity index (χ1n) is 8.07. The second-order valence-electron chi connectivity index (χ2n) is 5.57. The van der Waals surface area contributed by atoms with Crippen molar-refractivity contribution < 1.29 is 14.6 Å². The first kappa shape index (κ1) is 18.7. The number of nitrogens with one attached hydrogen (secondary N) is 1. The highest BCUT2D eigenvalue weighted by Gasteiger charge is 2.08. The molecule has 0 aliphatic heterocycles. The average molecular weight is 350 g/mol. The van der Waals surface area contributed by atoms with Crippen LogP contribution in [-0.2, 0) is 4.74 Å². The van der Waals surface area contributed by atoms with Crippen molar-refractivity contribution >= 4 is 11.6 Å². The number of aliphatic hydroxyl groups excluding tert-OH is 1. The maximum absolute atomic E-state index is 9.95. The number of aliphatic hydroxyl groups is 1. The maximum Gasteiger partial charge on any atom is 0.119 e. The standard InChI is InChI=1S/C19H24ClNO3/c1-15(16-5-3-2-4-6-16)21-13-18(22)14-23-11-12-24-19-9-7-17(20)8-10-19/h2-10,15,18,21-22H,11-14H2,1H3. The summed E-state index contributed by atoms with van der Waals surface area (Å²) in [6.45, 7) is 3.69. The monoisotopic (exact) mass is 349 g/mol. The minimum atomic E-state index is -0.549. The van der Waals surface area contributed by atoms with E-state index in [2.05, 4.69) is 24.4 Å². The second-order valence-corrected chi connectivity index (χ2v) is 6.01. The SMILES string of the molecule is CC(NCC(O)COCCOc1ccc(Cl)cc1)c1ccccc1. The van der Waals surface area contributed by atoms with E-state index in [0.717, 1.165) is 5.75 Å². The van der Waals surface area contributed by atoms with Crippen molar-refractivity contribution in [2.24, 2.45) is 0 Å². The third-order valence-electron chi connectivity index (χ3n) is 3.58. The van der Waals surface area contributed by atoms with Crippen LogP contribution in [0.25, 0.3) is 0 Å². The van der Waals surface area contributed by atoms with Gasteiger partial charge in [-0.15, -0.1) is 0 Å². The predicted molar refractivity (Wildman–Crippen MR) is 96.6 cm³/mol. The molecule has 5 heteroatoms. The number of benzene rings is 2. The van der Waals surface area contributed by atoms with Crippen molar-refractivity contribution in [3.63, 3.8) is 0 Å². The lowest BCUT2D eigenvalue weighted by Crippen LogP contribution is -2.32. The molecule has 4 nitrogen and oxygen atoms in total. The molecule has 2 unspecified atom stereocenters. The van der Waals surface area contributed by atoms with Crippen LogP contribution < -0.4 is 10.1 Å². The largest absolute Gasteiger partial charge is 0.491 e. The fourth-order valence-electron chi connectivity index (χ4n) is 2.20. The molecule has 24 heavy (non-hydrogen) atoms. The van der Waals surface area contributed by atoms with Gasteiger partial charge in [-0.3, -0.25) is 0 Å². The summed E-state index contributed by atoms with van der Waals surface area (Å²) in [6.07, 6.45) is -0.549. The predicted octanol–water partition coefficient (Wildman–Crippen LogP) is 3.45. The highest BCUT2D eigenvalue weighted by atomic mass is 35.5. The van der Waals surface area contributed by atoms with E-state index in [1.165, 1.54) is 5.56 Å². The summed E-state index contributed by atoms with van der Waals surface area (Å²) in [5.41, 5.74) is 1.20. The number of hydrogen-bond acceptors (Lipinski definition) is 4. The molecule has 2 rings (SSSR count). The fourth-order valence-corrected chi connectivity index (χ4v) is 2.33. The lowest BCUT2D eigenvalue weighted by Gasteiger charge is -2.17. The summed E-state index contributed by atoms with van der Waals surface area (Å²) in [4.78, 5) is 0. The van der Waals surface area contributed by atoms with Gasteiger partial charge >= 0.3 is 0 Å². The number of halogens is 1. The van der Waals surface area contributed by atoms with Gasteiger partial charge in [0.15, 0.2) is 0 Å². The van der Waals surface area contributed by atoms with Crippen molar-refractivity contribution in [2.45, 2.75) is 19.1 Å². The van der Waals surface area contributed by atoms with Crippen LogP contribution >= 0.6 is 11.6 Å². The third kappa shape index (κ3) is 6.89. The summed E-state index contributed by atoms with van der Waals surface area (Å²) < 4.78 is 11.0. The Kier molecular flexibility index (Phi) is 8.05. The van der Waals surface area contributed by atoms with Gasteiger partial charge in [0, 0.05) is 17.6 Å². The lowest BCUT2D eigenvalue weighted by molar-refractivity contribution is 0.0242. The van der Waals surface area contributed by atoms with Gasteiger partial charge in [0.05, 0.1) is 19.3 Å². The highest BCUT2D eigenvalue weighted by molar-refractivity contribution is 6.30. The highest BCUT2D eigenvalue weighted by Crippen LogP contribution is 2.15. The zero-order chi connectivity index (χ0) is 17.2. The Hall–Kier alpha value is -1.59. The Labute approximate surface area is 148 Å². The molecule has 0 amide bonds. The van der Waals surface area contributed by atoms with E-state index in [1.54, 1.807) is 12.1 Å². The normalized spacial score (nSPS) is 13.5. The Morgan fingerprint density at radius 1 is 1.04 bits per heavy atom. The van der Waals surface area contributed by atoms with Gasteiger partial charge < -0.3 is 19.9 Å². The molecule has 0 saturated carbocycles. The average Bonchev–Trinajstić information content (AvgIpc) is 2.61. The molecule has 0 aliphatic rings. The smallest absolute Gasteiger partial charge is 0.119 e. The topological polar surface area (TPSA) is 50.7 Å². The van der Waals surface area contributed by atoms with E-state index < -0.39 is 6.10 Å². The summed E-state index contributed by atoms with van der Waals surface area (Å²) in [7, 11) is 0. The van der Waals surface area contributed by atoms with Crippen molar-refractivity contribution in [3.05, 3.63) is 65.2 Å². The Morgan fingerprint density at radius 3 is 2.46 bits per heavy atom. The molecular formula is C19H24ClNO3. The maximum atomic E-state index is 9.95. The Bertz CT molecular complexity index is 577. The van der Waals surface area contributed by atoms with Crippen LogP contribution in [-0.4, -0.2) is 37.6 Å². The van der Waals surface area contributed by atoms with Gasteiger partial charge in [0.1, 0.15) is 12.4 Å². The van der Waals surface area contributed by atoms with E-state index in [4.69, 9.17) is 21.1 Å². The molecule has 2 aromatic carbocycles. The van der Waals surface area contributed by atoms with Crippen LogP contribution in [0, 0.1) is 0 Å². The first-order chi connectivity index (χ1) is 11.6. The Balaban J connectivity index is 1.55. The molecular weight excluding hydrogens is 326 g/mol. The van der Waals surface area contributed by atoms with Crippen LogP contribution in [0.3, 0.4) is 0 Å². The minimum absolute atomic E-state index is 0.189. The fraction of sp³-hybridized carbons (Fsp3) is 0.368. The van der Waals surface area contributed by atoms with E-state index in [0.29, 0.717) is 24.8 Å². The van der Waals surface area contributed by atoms with Crippen LogP contribution in [0.4, 0.5) is 0 Å². The lowest BCUT2D eigenvalue weighted by atomic mass is 10.1. The zero-order valence-electron chi connectivity index (χ0n) is 13.8.